The molecule has 0 saturated carbocycles. The van der Waals surface area contributed by atoms with E-state index in [9.17, 15) is 13.2 Å². The molecule has 0 heterocycles. The summed E-state index contributed by atoms with van der Waals surface area (Å²) in [5.41, 5.74) is 1.47. The van der Waals surface area contributed by atoms with Gasteiger partial charge in [0, 0.05) is 18.4 Å². The van der Waals surface area contributed by atoms with Gasteiger partial charge < -0.3 is 10.1 Å². The maximum absolute atomic E-state index is 12.6. The third-order valence-electron chi connectivity index (χ3n) is 4.14. The molecule has 0 atom stereocenters. The predicted molar refractivity (Wildman–Crippen MR) is 118 cm³/mol. The lowest BCUT2D eigenvalue weighted by molar-refractivity contribution is -0.114. The number of amides is 1. The zero-order chi connectivity index (χ0) is 21.7. The van der Waals surface area contributed by atoms with Crippen molar-refractivity contribution >= 4 is 33.4 Å². The molecule has 2 aromatic rings. The van der Waals surface area contributed by atoms with Crippen LogP contribution in [0.4, 0.5) is 5.69 Å². The Morgan fingerprint density at radius 1 is 1.14 bits per heavy atom. The Labute approximate surface area is 177 Å². The summed E-state index contributed by atoms with van der Waals surface area (Å²) in [6, 6.07) is 12.4. The average molecular weight is 437 g/mol. The Bertz CT molecular complexity index is 967. The van der Waals surface area contributed by atoms with Crippen molar-refractivity contribution in [2.45, 2.75) is 42.9 Å². The molecule has 0 spiro atoms. The smallest absolute Gasteiger partial charge is 0.240 e. The summed E-state index contributed by atoms with van der Waals surface area (Å²) < 4.78 is 33.6. The quantitative estimate of drug-likeness (QED) is 0.482. The van der Waals surface area contributed by atoms with E-state index >= 15 is 0 Å². The second-order valence-corrected chi connectivity index (χ2v) is 10.2. The lowest BCUT2D eigenvalue weighted by atomic mass is 9.86. The average Bonchev–Trinajstić information content (AvgIpc) is 2.64. The number of ether oxygens (including phenoxy) is 1. The molecule has 6 nitrogen and oxygen atoms in total. The van der Waals surface area contributed by atoms with Gasteiger partial charge in [0.25, 0.3) is 0 Å². The van der Waals surface area contributed by atoms with Gasteiger partial charge in [0.15, 0.2) is 0 Å². The highest BCUT2D eigenvalue weighted by Gasteiger charge is 2.19. The molecule has 0 radical (unpaired) electrons. The fourth-order valence-corrected chi connectivity index (χ4v) is 4.35. The van der Waals surface area contributed by atoms with Crippen molar-refractivity contribution < 1.29 is 17.9 Å². The summed E-state index contributed by atoms with van der Waals surface area (Å²) in [5.74, 6) is 0.491. The van der Waals surface area contributed by atoms with Crippen molar-refractivity contribution in [3.8, 4) is 5.75 Å². The van der Waals surface area contributed by atoms with Gasteiger partial charge in [-0.1, -0.05) is 39.0 Å². The van der Waals surface area contributed by atoms with E-state index in [-0.39, 0.29) is 29.4 Å². The first-order valence-electron chi connectivity index (χ1n) is 9.22. The van der Waals surface area contributed by atoms with Crippen LogP contribution in [0.1, 0.15) is 33.3 Å². The minimum atomic E-state index is -3.73. The summed E-state index contributed by atoms with van der Waals surface area (Å²) in [5, 5.41) is 2.67. The maximum Gasteiger partial charge on any atom is 0.240 e. The molecule has 8 heteroatoms. The SMILES string of the molecule is CSc1ccc(S(=O)(=O)NCCOc2ccccc2C(C)(C)C)cc1NC(C)=O. The number of anilines is 1. The third-order valence-corrected chi connectivity index (χ3v) is 6.39. The molecular weight excluding hydrogens is 408 g/mol. The number of nitrogens with one attached hydrogen (secondary N) is 2. The van der Waals surface area contributed by atoms with Crippen molar-refractivity contribution in [3.63, 3.8) is 0 Å². The Morgan fingerprint density at radius 2 is 1.83 bits per heavy atom. The van der Waals surface area contributed by atoms with Crippen molar-refractivity contribution in [1.29, 1.82) is 0 Å². The molecule has 0 aliphatic carbocycles. The highest BCUT2D eigenvalue weighted by atomic mass is 32.2. The predicted octanol–water partition coefficient (Wildman–Crippen LogP) is 4.02. The standard InChI is InChI=1S/C21H28N2O4S2/c1-15(24)23-18-14-16(10-11-20(18)28-5)29(25,26)22-12-13-27-19-9-7-6-8-17(19)21(2,3)4/h6-11,14,22H,12-13H2,1-5H3,(H,23,24). The van der Waals surface area contributed by atoms with Crippen LogP contribution in [-0.4, -0.2) is 33.7 Å². The molecule has 0 aliphatic rings. The summed E-state index contributed by atoms with van der Waals surface area (Å²) in [6.45, 7) is 8.01. The Balaban J connectivity index is 2.05. The molecule has 2 N–H and O–H groups in total. The van der Waals surface area contributed by atoms with Crippen LogP contribution >= 0.6 is 11.8 Å². The van der Waals surface area contributed by atoms with Gasteiger partial charge in [0.05, 0.1) is 10.6 Å². The highest BCUT2D eigenvalue weighted by Crippen LogP contribution is 2.31. The summed E-state index contributed by atoms with van der Waals surface area (Å²) >= 11 is 1.43. The minimum absolute atomic E-state index is 0.0742. The van der Waals surface area contributed by atoms with E-state index in [0.717, 1.165) is 16.2 Å². The topological polar surface area (TPSA) is 84.5 Å². The summed E-state index contributed by atoms with van der Waals surface area (Å²) in [4.78, 5) is 12.3. The molecule has 2 aromatic carbocycles. The second kappa shape index (κ2) is 9.65. The van der Waals surface area contributed by atoms with Crippen molar-refractivity contribution in [2.24, 2.45) is 0 Å². The van der Waals surface area contributed by atoms with E-state index in [4.69, 9.17) is 4.74 Å². The molecule has 29 heavy (non-hydrogen) atoms. The van der Waals surface area contributed by atoms with Gasteiger partial charge in [-0.2, -0.15) is 0 Å². The van der Waals surface area contributed by atoms with Gasteiger partial charge in [-0.05, 0) is 41.5 Å². The number of sulfonamides is 1. The first-order chi connectivity index (χ1) is 13.5. The number of carbonyl (C=O) groups excluding carboxylic acids is 1. The van der Waals surface area contributed by atoms with Crippen LogP contribution in [0.3, 0.4) is 0 Å². The Kier molecular flexibility index (Phi) is 7.73. The Morgan fingerprint density at radius 3 is 2.45 bits per heavy atom. The number of benzene rings is 2. The fourth-order valence-electron chi connectivity index (χ4n) is 2.77. The van der Waals surface area contributed by atoms with Crippen LogP contribution in [0, 0.1) is 0 Å². The van der Waals surface area contributed by atoms with Crippen LogP contribution in [0.5, 0.6) is 5.75 Å². The lowest BCUT2D eigenvalue weighted by Gasteiger charge is -2.22. The molecule has 0 aliphatic heterocycles. The van der Waals surface area contributed by atoms with Crippen LogP contribution in [0.2, 0.25) is 0 Å². The van der Waals surface area contributed by atoms with E-state index in [1.165, 1.54) is 30.8 Å². The largest absolute Gasteiger partial charge is 0.492 e. The van der Waals surface area contributed by atoms with Gasteiger partial charge in [-0.3, -0.25) is 4.79 Å². The van der Waals surface area contributed by atoms with E-state index in [1.807, 2.05) is 30.5 Å². The minimum Gasteiger partial charge on any atom is -0.492 e. The fraction of sp³-hybridized carbons (Fsp3) is 0.381. The number of thioether (sulfide) groups is 1. The van der Waals surface area contributed by atoms with Crippen molar-refractivity contribution in [3.05, 3.63) is 48.0 Å². The second-order valence-electron chi connectivity index (χ2n) is 7.54. The van der Waals surface area contributed by atoms with Crippen LogP contribution < -0.4 is 14.8 Å². The summed E-state index contributed by atoms with van der Waals surface area (Å²) in [7, 11) is -3.73. The number of para-hydroxylation sites is 1. The van der Waals surface area contributed by atoms with Crippen molar-refractivity contribution in [1.82, 2.24) is 4.72 Å². The van der Waals surface area contributed by atoms with Crippen LogP contribution in [0.15, 0.2) is 52.3 Å². The van der Waals surface area contributed by atoms with Gasteiger partial charge in [-0.25, -0.2) is 13.1 Å². The van der Waals surface area contributed by atoms with E-state index in [2.05, 4.69) is 30.8 Å². The van der Waals surface area contributed by atoms with Crippen LogP contribution in [0.25, 0.3) is 0 Å². The van der Waals surface area contributed by atoms with E-state index in [1.54, 1.807) is 6.07 Å². The molecule has 0 fully saturated rings. The number of rotatable bonds is 8. The summed E-state index contributed by atoms with van der Waals surface area (Å²) in [6.07, 6.45) is 1.86. The molecular formula is C21H28N2O4S2. The normalized spacial score (nSPS) is 11.9. The maximum atomic E-state index is 12.6. The van der Waals surface area contributed by atoms with Crippen LogP contribution in [-0.2, 0) is 20.2 Å². The number of hydrogen-bond donors (Lipinski definition) is 2. The van der Waals surface area contributed by atoms with Gasteiger partial charge >= 0.3 is 0 Å². The molecule has 0 unspecified atom stereocenters. The first-order valence-corrected chi connectivity index (χ1v) is 11.9. The zero-order valence-electron chi connectivity index (χ0n) is 17.4. The first kappa shape index (κ1) is 23.3. The molecule has 0 bridgehead atoms. The van der Waals surface area contributed by atoms with E-state index in [0.29, 0.717) is 5.69 Å². The molecule has 2 rings (SSSR count). The van der Waals surface area contributed by atoms with Gasteiger partial charge in [0.1, 0.15) is 12.4 Å². The molecule has 0 aromatic heterocycles. The van der Waals surface area contributed by atoms with E-state index < -0.39 is 10.0 Å². The number of hydrogen-bond acceptors (Lipinski definition) is 5. The molecule has 1 amide bonds. The number of carbonyl (C=O) groups is 1. The highest BCUT2D eigenvalue weighted by molar-refractivity contribution is 7.98. The molecule has 158 valence electrons. The monoisotopic (exact) mass is 436 g/mol. The van der Waals surface area contributed by atoms with Crippen molar-refractivity contribution in [2.75, 3.05) is 24.7 Å². The van der Waals surface area contributed by atoms with Gasteiger partial charge in [-0.15, -0.1) is 11.8 Å². The lowest BCUT2D eigenvalue weighted by Crippen LogP contribution is -2.28. The zero-order valence-corrected chi connectivity index (χ0v) is 19.0. The molecule has 0 saturated heterocycles. The van der Waals surface area contributed by atoms with Gasteiger partial charge in [0.2, 0.25) is 15.9 Å². The Hall–Kier alpha value is -2.03. The third kappa shape index (κ3) is 6.48.